The van der Waals surface area contributed by atoms with Crippen LogP contribution in [0.15, 0.2) is 36.4 Å². The fourth-order valence-electron chi connectivity index (χ4n) is 1.65. The highest BCUT2D eigenvalue weighted by molar-refractivity contribution is 5.99. The molecule has 70 valence electrons. The molecule has 0 atom stereocenters. The third kappa shape index (κ3) is 1.41. The molecule has 1 heteroatoms. The van der Waals surface area contributed by atoms with E-state index in [1.165, 1.54) is 16.3 Å². The van der Waals surface area contributed by atoms with E-state index in [-0.39, 0.29) is 5.78 Å². The lowest BCUT2D eigenvalue weighted by atomic mass is 10.0. The number of carbonyl (C=O) groups excluding carboxylic acids is 1. The van der Waals surface area contributed by atoms with Crippen molar-refractivity contribution in [2.45, 2.75) is 13.8 Å². The van der Waals surface area contributed by atoms with Crippen molar-refractivity contribution in [1.29, 1.82) is 0 Å². The normalized spacial score (nSPS) is 10.4. The van der Waals surface area contributed by atoms with Crippen LogP contribution in [0.1, 0.15) is 22.8 Å². The molecule has 0 N–H and O–H groups in total. The summed E-state index contributed by atoms with van der Waals surface area (Å²) in [4.78, 5) is 11.2. The summed E-state index contributed by atoms with van der Waals surface area (Å²) in [6, 6.07) is 12.0. The molecular formula is C13H12O. The van der Waals surface area contributed by atoms with E-state index in [1.54, 1.807) is 6.92 Å². The van der Waals surface area contributed by atoms with E-state index in [1.807, 2.05) is 24.3 Å². The summed E-state index contributed by atoms with van der Waals surface area (Å²) in [6.45, 7) is 3.66. The Balaban J connectivity index is 2.76. The molecule has 0 saturated heterocycles. The van der Waals surface area contributed by atoms with Crippen molar-refractivity contribution in [2.24, 2.45) is 0 Å². The molecule has 2 rings (SSSR count). The molecular weight excluding hydrogens is 172 g/mol. The van der Waals surface area contributed by atoms with Crippen molar-refractivity contribution in [3.63, 3.8) is 0 Å². The Kier molecular flexibility index (Phi) is 2.08. The summed E-state index contributed by atoms with van der Waals surface area (Å²) in [5.41, 5.74) is 2.00. The Hall–Kier alpha value is -1.63. The zero-order chi connectivity index (χ0) is 10.1. The van der Waals surface area contributed by atoms with Crippen molar-refractivity contribution < 1.29 is 4.79 Å². The van der Waals surface area contributed by atoms with E-state index >= 15 is 0 Å². The molecule has 0 bridgehead atoms. The van der Waals surface area contributed by atoms with Crippen LogP contribution in [-0.4, -0.2) is 5.78 Å². The second kappa shape index (κ2) is 3.26. The number of ketones is 1. The number of carbonyl (C=O) groups is 1. The van der Waals surface area contributed by atoms with Crippen molar-refractivity contribution in [2.75, 3.05) is 0 Å². The fraction of sp³-hybridized carbons (Fsp3) is 0.154. The van der Waals surface area contributed by atoms with Gasteiger partial charge in [0.05, 0.1) is 0 Å². The first-order chi connectivity index (χ1) is 6.68. The first kappa shape index (κ1) is 8.95. The lowest BCUT2D eigenvalue weighted by Gasteiger charge is -2.03. The number of rotatable bonds is 1. The van der Waals surface area contributed by atoms with Crippen LogP contribution >= 0.6 is 0 Å². The number of benzene rings is 2. The quantitative estimate of drug-likeness (QED) is 0.621. The molecule has 0 unspecified atom stereocenters. The van der Waals surface area contributed by atoms with Gasteiger partial charge in [0.2, 0.25) is 0 Å². The molecule has 0 radical (unpaired) electrons. The summed E-state index contributed by atoms with van der Waals surface area (Å²) >= 11 is 0. The number of Topliss-reactive ketones (excluding diaryl/α,β-unsaturated/α-hetero) is 1. The standard InChI is InChI=1S/C13H12O/c1-9-4-3-5-11-6-7-12(10(2)14)8-13(9)11/h3-8H,1-2H3. The fourth-order valence-corrected chi connectivity index (χ4v) is 1.65. The van der Waals surface area contributed by atoms with Crippen LogP contribution in [0, 0.1) is 6.92 Å². The van der Waals surface area contributed by atoms with E-state index in [9.17, 15) is 4.79 Å². The molecule has 0 aliphatic heterocycles. The maximum Gasteiger partial charge on any atom is 0.159 e. The number of aryl methyl sites for hydroxylation is 1. The Labute approximate surface area is 83.4 Å². The van der Waals surface area contributed by atoms with Crippen molar-refractivity contribution in [3.05, 3.63) is 47.5 Å². The molecule has 2 aromatic rings. The van der Waals surface area contributed by atoms with Crippen LogP contribution in [0.4, 0.5) is 0 Å². The molecule has 0 fully saturated rings. The Morgan fingerprint density at radius 3 is 2.64 bits per heavy atom. The topological polar surface area (TPSA) is 17.1 Å². The predicted molar refractivity (Wildman–Crippen MR) is 58.7 cm³/mol. The van der Waals surface area contributed by atoms with Gasteiger partial charge in [0.15, 0.2) is 5.78 Å². The Bertz CT molecular complexity index is 498. The molecule has 1 nitrogen and oxygen atoms in total. The van der Waals surface area contributed by atoms with Gasteiger partial charge in [-0.15, -0.1) is 0 Å². The molecule has 2 aromatic carbocycles. The largest absolute Gasteiger partial charge is 0.295 e. The van der Waals surface area contributed by atoms with Gasteiger partial charge >= 0.3 is 0 Å². The van der Waals surface area contributed by atoms with Gasteiger partial charge in [0.25, 0.3) is 0 Å². The van der Waals surface area contributed by atoms with E-state index in [0.29, 0.717) is 0 Å². The van der Waals surface area contributed by atoms with Gasteiger partial charge in [-0.25, -0.2) is 0 Å². The molecule has 14 heavy (non-hydrogen) atoms. The van der Waals surface area contributed by atoms with E-state index in [4.69, 9.17) is 0 Å². The van der Waals surface area contributed by atoms with E-state index in [2.05, 4.69) is 19.1 Å². The molecule has 0 aliphatic carbocycles. The summed E-state index contributed by atoms with van der Waals surface area (Å²) < 4.78 is 0. The van der Waals surface area contributed by atoms with Gasteiger partial charge in [0.1, 0.15) is 0 Å². The minimum Gasteiger partial charge on any atom is -0.295 e. The summed E-state index contributed by atoms with van der Waals surface area (Å²) in [6.07, 6.45) is 0. The van der Waals surface area contributed by atoms with Gasteiger partial charge in [-0.3, -0.25) is 4.79 Å². The number of fused-ring (bicyclic) bond motifs is 1. The van der Waals surface area contributed by atoms with Crippen LogP contribution in [0.2, 0.25) is 0 Å². The van der Waals surface area contributed by atoms with Crippen molar-refractivity contribution >= 4 is 16.6 Å². The van der Waals surface area contributed by atoms with Gasteiger partial charge in [-0.2, -0.15) is 0 Å². The SMILES string of the molecule is CC(=O)c1ccc2cccc(C)c2c1. The summed E-state index contributed by atoms with van der Waals surface area (Å²) in [5, 5.41) is 2.36. The van der Waals surface area contributed by atoms with Gasteiger partial charge < -0.3 is 0 Å². The highest BCUT2D eigenvalue weighted by Gasteiger charge is 2.01. The molecule has 0 aliphatic rings. The highest BCUT2D eigenvalue weighted by atomic mass is 16.1. The summed E-state index contributed by atoms with van der Waals surface area (Å²) in [7, 11) is 0. The molecule has 0 amide bonds. The van der Waals surface area contributed by atoms with Crippen LogP contribution in [0.25, 0.3) is 10.8 Å². The van der Waals surface area contributed by atoms with Crippen LogP contribution in [0.5, 0.6) is 0 Å². The second-order valence-corrected chi connectivity index (χ2v) is 3.57. The molecule has 0 saturated carbocycles. The maximum absolute atomic E-state index is 11.2. The minimum atomic E-state index is 0.121. The number of hydrogen-bond donors (Lipinski definition) is 0. The van der Waals surface area contributed by atoms with Gasteiger partial charge in [-0.05, 0) is 36.2 Å². The average Bonchev–Trinajstić information content (AvgIpc) is 2.18. The minimum absolute atomic E-state index is 0.121. The third-order valence-electron chi connectivity index (χ3n) is 2.51. The van der Waals surface area contributed by atoms with Crippen LogP contribution < -0.4 is 0 Å². The predicted octanol–water partition coefficient (Wildman–Crippen LogP) is 3.35. The molecule has 0 aromatic heterocycles. The van der Waals surface area contributed by atoms with E-state index in [0.717, 1.165) is 5.56 Å². The average molecular weight is 184 g/mol. The monoisotopic (exact) mass is 184 g/mol. The highest BCUT2D eigenvalue weighted by Crippen LogP contribution is 2.19. The zero-order valence-corrected chi connectivity index (χ0v) is 8.37. The zero-order valence-electron chi connectivity index (χ0n) is 8.37. The maximum atomic E-state index is 11.2. The Morgan fingerprint density at radius 2 is 1.93 bits per heavy atom. The van der Waals surface area contributed by atoms with Crippen molar-refractivity contribution in [1.82, 2.24) is 0 Å². The molecule has 0 spiro atoms. The molecule has 0 heterocycles. The third-order valence-corrected chi connectivity index (χ3v) is 2.51. The van der Waals surface area contributed by atoms with Crippen LogP contribution in [0.3, 0.4) is 0 Å². The smallest absolute Gasteiger partial charge is 0.159 e. The first-order valence-electron chi connectivity index (χ1n) is 4.69. The Morgan fingerprint density at radius 1 is 1.14 bits per heavy atom. The lowest BCUT2D eigenvalue weighted by molar-refractivity contribution is 0.101. The second-order valence-electron chi connectivity index (χ2n) is 3.57. The number of hydrogen-bond acceptors (Lipinski definition) is 1. The van der Waals surface area contributed by atoms with Crippen LogP contribution in [-0.2, 0) is 0 Å². The van der Waals surface area contributed by atoms with E-state index < -0.39 is 0 Å². The first-order valence-corrected chi connectivity index (χ1v) is 4.69. The van der Waals surface area contributed by atoms with Gasteiger partial charge in [0, 0.05) is 5.56 Å². The lowest BCUT2D eigenvalue weighted by Crippen LogP contribution is -1.91. The van der Waals surface area contributed by atoms with Gasteiger partial charge in [-0.1, -0.05) is 30.3 Å². The summed E-state index contributed by atoms with van der Waals surface area (Å²) in [5.74, 6) is 0.121. The van der Waals surface area contributed by atoms with Crippen molar-refractivity contribution in [3.8, 4) is 0 Å².